The number of imidazole rings is 1. The molecule has 4 heteroatoms. The summed E-state index contributed by atoms with van der Waals surface area (Å²) in [6.45, 7) is 2.27. The third-order valence-electron chi connectivity index (χ3n) is 2.55. The maximum Gasteiger partial charge on any atom is 0.329 e. The fourth-order valence-corrected chi connectivity index (χ4v) is 1.89. The van der Waals surface area contributed by atoms with Crippen LogP contribution in [0.1, 0.15) is 31.5 Å². The van der Waals surface area contributed by atoms with Gasteiger partial charge in [0, 0.05) is 11.9 Å². The average Bonchev–Trinajstić information content (AvgIpc) is 2.65. The third kappa shape index (κ3) is 1.52. The van der Waals surface area contributed by atoms with Gasteiger partial charge in [0.25, 0.3) is 0 Å². The molecule has 0 saturated carbocycles. The van der Waals surface area contributed by atoms with Crippen molar-refractivity contribution in [2.45, 2.75) is 32.2 Å². The SMILES string of the molecule is CCOC(=O)[C@@H]1CCCc2cncn21. The van der Waals surface area contributed by atoms with Crippen LogP contribution in [0.3, 0.4) is 0 Å². The smallest absolute Gasteiger partial charge is 0.329 e. The molecule has 0 bridgehead atoms. The van der Waals surface area contributed by atoms with Crippen molar-refractivity contribution in [3.05, 3.63) is 18.2 Å². The number of nitrogens with zero attached hydrogens (tertiary/aromatic N) is 2. The molecule has 14 heavy (non-hydrogen) atoms. The quantitative estimate of drug-likeness (QED) is 0.667. The Bertz CT molecular complexity index is 333. The topological polar surface area (TPSA) is 44.1 Å². The van der Waals surface area contributed by atoms with E-state index in [4.69, 9.17) is 4.74 Å². The van der Waals surface area contributed by atoms with Gasteiger partial charge in [-0.2, -0.15) is 0 Å². The summed E-state index contributed by atoms with van der Waals surface area (Å²) in [6, 6.07) is -0.152. The molecule has 76 valence electrons. The van der Waals surface area contributed by atoms with E-state index in [1.807, 2.05) is 17.7 Å². The lowest BCUT2D eigenvalue weighted by atomic mass is 10.0. The van der Waals surface area contributed by atoms with Crippen molar-refractivity contribution in [1.29, 1.82) is 0 Å². The minimum Gasteiger partial charge on any atom is -0.464 e. The second-order valence-corrected chi connectivity index (χ2v) is 3.45. The minimum atomic E-state index is -0.152. The number of aromatic nitrogens is 2. The summed E-state index contributed by atoms with van der Waals surface area (Å²) in [4.78, 5) is 15.6. The van der Waals surface area contributed by atoms with Gasteiger partial charge < -0.3 is 9.30 Å². The van der Waals surface area contributed by atoms with E-state index in [0.717, 1.165) is 25.0 Å². The second kappa shape index (κ2) is 3.82. The number of hydrogen-bond donors (Lipinski definition) is 0. The zero-order valence-corrected chi connectivity index (χ0v) is 8.27. The number of carbonyl (C=O) groups is 1. The van der Waals surface area contributed by atoms with Gasteiger partial charge in [-0.3, -0.25) is 0 Å². The Morgan fingerprint density at radius 1 is 1.79 bits per heavy atom. The molecule has 1 aliphatic rings. The number of hydrogen-bond acceptors (Lipinski definition) is 3. The first-order valence-corrected chi connectivity index (χ1v) is 5.00. The van der Waals surface area contributed by atoms with Crippen LogP contribution in [0.15, 0.2) is 12.5 Å². The molecular weight excluding hydrogens is 180 g/mol. The molecule has 0 amide bonds. The molecule has 1 aromatic heterocycles. The van der Waals surface area contributed by atoms with Crippen molar-refractivity contribution in [3.8, 4) is 0 Å². The molecule has 2 heterocycles. The van der Waals surface area contributed by atoms with Crippen LogP contribution < -0.4 is 0 Å². The summed E-state index contributed by atoms with van der Waals surface area (Å²) in [7, 11) is 0. The van der Waals surface area contributed by atoms with E-state index in [9.17, 15) is 4.79 Å². The van der Waals surface area contributed by atoms with Crippen LogP contribution in [0.4, 0.5) is 0 Å². The van der Waals surface area contributed by atoms with E-state index >= 15 is 0 Å². The molecule has 0 fully saturated rings. The maximum absolute atomic E-state index is 11.6. The van der Waals surface area contributed by atoms with Gasteiger partial charge in [0.05, 0.1) is 12.9 Å². The van der Waals surface area contributed by atoms with Gasteiger partial charge in [-0.1, -0.05) is 0 Å². The van der Waals surface area contributed by atoms with Gasteiger partial charge in [-0.25, -0.2) is 9.78 Å². The van der Waals surface area contributed by atoms with Crippen molar-refractivity contribution in [3.63, 3.8) is 0 Å². The van der Waals surface area contributed by atoms with Gasteiger partial charge in [0.1, 0.15) is 6.04 Å². The Hall–Kier alpha value is -1.32. The van der Waals surface area contributed by atoms with E-state index in [2.05, 4.69) is 4.98 Å². The molecule has 0 N–H and O–H groups in total. The Morgan fingerprint density at radius 3 is 3.43 bits per heavy atom. The molecule has 0 saturated heterocycles. The molecule has 0 unspecified atom stereocenters. The Kier molecular flexibility index (Phi) is 2.52. The van der Waals surface area contributed by atoms with Crippen LogP contribution in [0.2, 0.25) is 0 Å². The summed E-state index contributed by atoms with van der Waals surface area (Å²) in [5, 5.41) is 0. The lowest BCUT2D eigenvalue weighted by Gasteiger charge is -2.23. The van der Waals surface area contributed by atoms with Crippen molar-refractivity contribution in [2.24, 2.45) is 0 Å². The maximum atomic E-state index is 11.6. The number of rotatable bonds is 2. The van der Waals surface area contributed by atoms with Crippen LogP contribution >= 0.6 is 0 Å². The number of esters is 1. The van der Waals surface area contributed by atoms with Gasteiger partial charge in [-0.15, -0.1) is 0 Å². The summed E-state index contributed by atoms with van der Waals surface area (Å²) in [5.74, 6) is -0.133. The standard InChI is InChI=1S/C10H14N2O2/c1-2-14-10(13)9-5-3-4-8-6-11-7-12(8)9/h6-7,9H,2-5H2,1H3/t9-/m0/s1. The monoisotopic (exact) mass is 194 g/mol. The molecule has 0 aliphatic carbocycles. The molecule has 1 aromatic rings. The summed E-state index contributed by atoms with van der Waals surface area (Å²) < 4.78 is 6.95. The molecule has 1 atom stereocenters. The third-order valence-corrected chi connectivity index (χ3v) is 2.55. The summed E-state index contributed by atoms with van der Waals surface area (Å²) >= 11 is 0. The predicted octanol–water partition coefficient (Wildman–Crippen LogP) is 1.32. The van der Waals surface area contributed by atoms with E-state index in [1.165, 1.54) is 0 Å². The van der Waals surface area contributed by atoms with Crippen LogP contribution in [-0.2, 0) is 16.0 Å². The van der Waals surface area contributed by atoms with Gasteiger partial charge in [0.2, 0.25) is 0 Å². The number of aryl methyl sites for hydroxylation is 1. The molecule has 4 nitrogen and oxygen atoms in total. The average molecular weight is 194 g/mol. The van der Waals surface area contributed by atoms with Crippen molar-refractivity contribution in [1.82, 2.24) is 9.55 Å². The van der Waals surface area contributed by atoms with Crippen LogP contribution in [0.25, 0.3) is 0 Å². The number of carbonyl (C=O) groups excluding carboxylic acids is 1. The summed E-state index contributed by atoms with van der Waals surface area (Å²) in [6.07, 6.45) is 6.45. The Balaban J connectivity index is 2.19. The molecule has 0 spiro atoms. The zero-order chi connectivity index (χ0) is 9.97. The first-order valence-electron chi connectivity index (χ1n) is 5.00. The highest BCUT2D eigenvalue weighted by atomic mass is 16.5. The molecule has 0 aromatic carbocycles. The molecular formula is C10H14N2O2. The van der Waals surface area contributed by atoms with Gasteiger partial charge in [-0.05, 0) is 26.2 Å². The van der Waals surface area contributed by atoms with E-state index in [1.54, 1.807) is 6.33 Å². The first-order chi connectivity index (χ1) is 6.83. The highest BCUT2D eigenvalue weighted by Crippen LogP contribution is 2.25. The largest absolute Gasteiger partial charge is 0.464 e. The van der Waals surface area contributed by atoms with Crippen molar-refractivity contribution in [2.75, 3.05) is 6.61 Å². The fourth-order valence-electron chi connectivity index (χ4n) is 1.89. The molecule has 2 rings (SSSR count). The highest BCUT2D eigenvalue weighted by molar-refractivity contribution is 5.74. The molecule has 1 aliphatic heterocycles. The zero-order valence-electron chi connectivity index (χ0n) is 8.27. The normalized spacial score (nSPS) is 20.2. The van der Waals surface area contributed by atoms with Crippen LogP contribution in [-0.4, -0.2) is 22.1 Å². The van der Waals surface area contributed by atoms with E-state index in [0.29, 0.717) is 6.61 Å². The van der Waals surface area contributed by atoms with Crippen LogP contribution in [0.5, 0.6) is 0 Å². The number of ether oxygens (including phenoxy) is 1. The van der Waals surface area contributed by atoms with Crippen molar-refractivity contribution >= 4 is 5.97 Å². The Morgan fingerprint density at radius 2 is 2.64 bits per heavy atom. The summed E-state index contributed by atoms with van der Waals surface area (Å²) in [5.41, 5.74) is 1.13. The predicted molar refractivity (Wildman–Crippen MR) is 50.8 cm³/mol. The Labute approximate surface area is 82.9 Å². The lowest BCUT2D eigenvalue weighted by Crippen LogP contribution is -2.26. The van der Waals surface area contributed by atoms with Gasteiger partial charge in [0.15, 0.2) is 0 Å². The minimum absolute atomic E-state index is 0.133. The van der Waals surface area contributed by atoms with Crippen molar-refractivity contribution < 1.29 is 9.53 Å². The molecule has 0 radical (unpaired) electrons. The van der Waals surface area contributed by atoms with Gasteiger partial charge >= 0.3 is 5.97 Å². The van der Waals surface area contributed by atoms with Crippen LogP contribution in [0, 0.1) is 0 Å². The van der Waals surface area contributed by atoms with E-state index in [-0.39, 0.29) is 12.0 Å². The number of fused-ring (bicyclic) bond motifs is 1. The lowest BCUT2D eigenvalue weighted by molar-refractivity contribution is -0.147. The first kappa shape index (κ1) is 9.24. The van der Waals surface area contributed by atoms with E-state index < -0.39 is 0 Å². The second-order valence-electron chi connectivity index (χ2n) is 3.45. The fraction of sp³-hybridized carbons (Fsp3) is 0.600. The highest BCUT2D eigenvalue weighted by Gasteiger charge is 2.26.